The van der Waals surface area contributed by atoms with Crippen LogP contribution in [0.4, 0.5) is 87.8 Å². The molecule has 0 saturated heterocycles. The Morgan fingerprint density at radius 1 is 0.271 bits per heavy atom. The van der Waals surface area contributed by atoms with Crippen LogP contribution < -0.4 is 26.4 Å². The van der Waals surface area contributed by atoms with Gasteiger partial charge in [-0.25, -0.2) is 92.4 Å². The Morgan fingerprint density at radius 2 is 0.557 bits per heavy atom. The molecule has 0 N–H and O–H groups in total. The molecular weight excluding hydrogens is 981 g/mol. The van der Waals surface area contributed by atoms with Crippen LogP contribution in [0.3, 0.4) is 0 Å². The van der Waals surface area contributed by atoms with Gasteiger partial charge in [-0.1, -0.05) is 54.6 Å². The van der Waals surface area contributed by atoms with Crippen LogP contribution in [-0.4, -0.2) is 6.15 Å². The number of rotatable bonds is 6. The fraction of sp³-hybridized carbons (Fsp3) is 0.0208. The monoisotopic (exact) mass is 999 g/mol. The molecule has 0 fully saturated rings. The van der Waals surface area contributed by atoms with Gasteiger partial charge in [-0.3, -0.25) is 0 Å². The molecule has 1 aromatic heterocycles. The van der Waals surface area contributed by atoms with Gasteiger partial charge in [0.2, 0.25) is 0 Å². The highest BCUT2D eigenvalue weighted by molar-refractivity contribution is 7.20. The highest BCUT2D eigenvalue weighted by Crippen LogP contribution is 2.33. The van der Waals surface area contributed by atoms with E-state index in [9.17, 15) is 52.7 Å². The summed E-state index contributed by atoms with van der Waals surface area (Å²) in [7, 11) is 0. The lowest BCUT2D eigenvalue weighted by molar-refractivity contribution is -0.688. The van der Waals surface area contributed by atoms with E-state index in [1.165, 1.54) is 37.9 Å². The average Bonchev–Trinajstić information content (AvgIpc) is 3.36. The SMILES string of the molecule is Fc1c(F)c(F)c([B-](c2c(F)c(F)c(F)c(F)c2F)(c2c(F)c(F)c(F)c(F)c2F)c2c(F)c(F)c(F)c(F)c2F)c(F)c1F.c1cc[n+](Cc2c3ccccc3cc3cc4ccccc4cc23)cc1. The summed E-state index contributed by atoms with van der Waals surface area (Å²) in [6, 6.07) is 30.5. The zero-order chi connectivity index (χ0) is 51.0. The normalized spacial score (nSPS) is 11.8. The summed E-state index contributed by atoms with van der Waals surface area (Å²) in [4.78, 5) is 0. The Morgan fingerprint density at radius 3 is 0.914 bits per heavy atom. The number of pyridine rings is 1. The van der Waals surface area contributed by atoms with Crippen molar-refractivity contribution in [1.82, 2.24) is 0 Å². The second kappa shape index (κ2) is 18.0. The van der Waals surface area contributed by atoms with E-state index >= 15 is 35.1 Å². The van der Waals surface area contributed by atoms with Crippen LogP contribution >= 0.6 is 0 Å². The first kappa shape index (κ1) is 48.8. The minimum atomic E-state index is -7.22. The number of hydrogen-bond acceptors (Lipinski definition) is 0. The molecule has 358 valence electrons. The largest absolute Gasteiger partial charge is 0.207 e. The van der Waals surface area contributed by atoms with E-state index in [4.69, 9.17) is 0 Å². The summed E-state index contributed by atoms with van der Waals surface area (Å²) < 4.78 is 296. The van der Waals surface area contributed by atoms with Gasteiger partial charge in [-0.15, -0.1) is 21.9 Å². The van der Waals surface area contributed by atoms with Crippen LogP contribution in [0.2, 0.25) is 0 Å². The zero-order valence-corrected chi connectivity index (χ0v) is 34.0. The Balaban J connectivity index is 0.000000219. The second-order valence-electron chi connectivity index (χ2n) is 15.3. The van der Waals surface area contributed by atoms with Gasteiger partial charge in [0.1, 0.15) is 52.7 Å². The molecule has 0 atom stereocenters. The Labute approximate surface area is 378 Å². The number of halogens is 20. The standard InChI is InChI=1S/C24BF20.C24H18N/c26-5-1(6(27)14(35)21(42)13(5)34)25(2-7(28)15(36)22(43)16(37)8(2)29,3-9(30)17(38)23(44)18(39)10(3)31)4-11(32)19(40)24(45)20(41)12(4)33;1-6-12-25(13-7-1)17-24-22-11-5-4-10-20(22)15-21-14-18-8-2-3-9-19(18)16-23(21)24/h;1-16H,17H2/q-1;+1. The second-order valence-corrected chi connectivity index (χ2v) is 15.3. The number of nitrogens with zero attached hydrogens (tertiary/aromatic N) is 1. The summed E-state index contributed by atoms with van der Waals surface area (Å²) in [5.41, 5.74) is -12.9. The van der Waals surface area contributed by atoms with Crippen molar-refractivity contribution >= 4 is 60.3 Å². The van der Waals surface area contributed by atoms with E-state index in [1.54, 1.807) is 0 Å². The quantitative estimate of drug-likeness (QED) is 0.0390. The maximum atomic E-state index is 15.4. The lowest BCUT2D eigenvalue weighted by Gasteiger charge is -2.44. The predicted molar refractivity (Wildman–Crippen MR) is 214 cm³/mol. The van der Waals surface area contributed by atoms with Gasteiger partial charge in [0, 0.05) is 17.7 Å². The van der Waals surface area contributed by atoms with Gasteiger partial charge in [0.05, 0.1) is 0 Å². The molecule has 0 spiro atoms. The fourth-order valence-corrected chi connectivity index (χ4v) is 8.62. The highest BCUT2D eigenvalue weighted by Gasteiger charge is 2.52. The Kier molecular flexibility index (Phi) is 12.6. The van der Waals surface area contributed by atoms with Crippen LogP contribution in [-0.2, 0) is 6.54 Å². The van der Waals surface area contributed by atoms with E-state index in [1.807, 2.05) is 0 Å². The summed E-state index contributed by atoms with van der Waals surface area (Å²) in [6.45, 7) is 0.872. The molecule has 1 nitrogen and oxygen atoms in total. The number of benzene rings is 8. The van der Waals surface area contributed by atoms with Crippen molar-refractivity contribution in [3.05, 3.63) is 219 Å². The van der Waals surface area contributed by atoms with Crippen LogP contribution in [0, 0.1) is 116 Å². The van der Waals surface area contributed by atoms with E-state index < -0.39 is 144 Å². The molecule has 0 amide bonds. The van der Waals surface area contributed by atoms with E-state index in [0.29, 0.717) is 0 Å². The predicted octanol–water partition coefficient (Wildman–Crippen LogP) is 11.3. The van der Waals surface area contributed by atoms with Crippen molar-refractivity contribution in [3.63, 3.8) is 0 Å². The zero-order valence-electron chi connectivity index (χ0n) is 34.0. The minimum absolute atomic E-state index is 0.872. The first-order valence-corrected chi connectivity index (χ1v) is 19.6. The molecule has 0 bridgehead atoms. The summed E-state index contributed by atoms with van der Waals surface area (Å²) in [5.74, 6) is -71.4. The van der Waals surface area contributed by atoms with E-state index in [0.717, 1.165) is 6.54 Å². The lowest BCUT2D eigenvalue weighted by Crippen LogP contribution is -2.81. The van der Waals surface area contributed by atoms with Crippen LogP contribution in [0.1, 0.15) is 5.56 Å². The van der Waals surface area contributed by atoms with Crippen molar-refractivity contribution < 1.29 is 92.4 Å². The third kappa shape index (κ3) is 7.33. The van der Waals surface area contributed by atoms with Gasteiger partial charge in [0.25, 0.3) is 0 Å². The summed E-state index contributed by atoms with van der Waals surface area (Å²) in [6.07, 6.45) is -2.95. The molecule has 9 rings (SSSR count). The van der Waals surface area contributed by atoms with Crippen LogP contribution in [0.5, 0.6) is 0 Å². The first-order valence-electron chi connectivity index (χ1n) is 19.6. The molecular formula is C48H18BF20N. The van der Waals surface area contributed by atoms with E-state index in [2.05, 4.69) is 102 Å². The molecule has 0 saturated carbocycles. The number of fused-ring (bicyclic) bond motifs is 3. The number of aromatic nitrogens is 1. The molecule has 0 radical (unpaired) electrons. The van der Waals surface area contributed by atoms with Gasteiger partial charge in [-0.05, 0) is 50.5 Å². The van der Waals surface area contributed by atoms with Gasteiger partial charge in [-0.2, -0.15) is 0 Å². The smallest absolute Gasteiger partial charge is 0.200 e. The van der Waals surface area contributed by atoms with Crippen molar-refractivity contribution in [2.75, 3.05) is 0 Å². The van der Waals surface area contributed by atoms with Crippen molar-refractivity contribution in [2.45, 2.75) is 6.54 Å². The van der Waals surface area contributed by atoms with Crippen molar-refractivity contribution in [2.24, 2.45) is 0 Å². The average molecular weight is 999 g/mol. The molecule has 8 aromatic carbocycles. The van der Waals surface area contributed by atoms with Crippen molar-refractivity contribution in [1.29, 1.82) is 0 Å². The molecule has 0 aliphatic rings. The molecule has 1 heterocycles. The summed E-state index contributed by atoms with van der Waals surface area (Å²) in [5, 5.41) is 7.88. The lowest BCUT2D eigenvalue weighted by atomic mass is 9.12. The summed E-state index contributed by atoms with van der Waals surface area (Å²) >= 11 is 0. The maximum Gasteiger partial charge on any atom is 0.200 e. The fourth-order valence-electron chi connectivity index (χ4n) is 8.62. The maximum absolute atomic E-state index is 15.4. The molecule has 22 heteroatoms. The minimum Gasteiger partial charge on any atom is -0.207 e. The molecule has 0 aliphatic heterocycles. The molecule has 0 aliphatic carbocycles. The third-order valence-electron chi connectivity index (χ3n) is 11.7. The molecule has 9 aromatic rings. The Hall–Kier alpha value is -7.65. The Bertz CT molecular complexity index is 3250. The van der Waals surface area contributed by atoms with E-state index in [-0.39, 0.29) is 0 Å². The van der Waals surface area contributed by atoms with Gasteiger partial charge in [0.15, 0.2) is 88.7 Å². The highest BCUT2D eigenvalue weighted by atomic mass is 19.2. The third-order valence-corrected chi connectivity index (χ3v) is 11.7. The van der Waals surface area contributed by atoms with Gasteiger partial charge < -0.3 is 0 Å². The topological polar surface area (TPSA) is 3.88 Å². The first-order chi connectivity index (χ1) is 33.1. The van der Waals surface area contributed by atoms with Crippen LogP contribution in [0.15, 0.2) is 97.3 Å². The number of hydrogen-bond donors (Lipinski definition) is 0. The molecule has 0 unspecified atom stereocenters. The van der Waals surface area contributed by atoms with Crippen LogP contribution in [0.25, 0.3) is 32.3 Å². The van der Waals surface area contributed by atoms with Gasteiger partial charge >= 0.3 is 0 Å². The van der Waals surface area contributed by atoms with Crippen molar-refractivity contribution in [3.8, 4) is 0 Å². The molecule has 70 heavy (non-hydrogen) atoms.